The summed E-state index contributed by atoms with van der Waals surface area (Å²) in [5.41, 5.74) is -5.70. The number of carbonyl (C=O) groups excluding carboxylic acids is 4. The van der Waals surface area contributed by atoms with E-state index in [0.29, 0.717) is 18.0 Å². The molecule has 14 nitrogen and oxygen atoms in total. The zero-order valence-corrected chi connectivity index (χ0v) is 36.6. The second kappa shape index (κ2) is 20.6. The van der Waals surface area contributed by atoms with Crippen molar-refractivity contribution >= 4 is 45.2 Å². The van der Waals surface area contributed by atoms with Crippen LogP contribution < -0.4 is 20.7 Å². The number of carbonyl (C=O) groups is 4. The van der Waals surface area contributed by atoms with Crippen LogP contribution in [0.5, 0.6) is 0 Å². The number of aromatic nitrogens is 1. The third-order valence-corrected chi connectivity index (χ3v) is 13.9. The highest BCUT2D eigenvalue weighted by atomic mass is 32.2. The molecule has 2 aliphatic rings. The van der Waals surface area contributed by atoms with Crippen LogP contribution in [0.3, 0.4) is 0 Å². The number of halogens is 3. The number of thiazole rings is 1. The second-order valence-corrected chi connectivity index (χ2v) is 18.7. The molecule has 2 aromatic rings. The Morgan fingerprint density at radius 2 is 1.69 bits per heavy atom. The zero-order valence-electron chi connectivity index (χ0n) is 34.9. The van der Waals surface area contributed by atoms with Crippen molar-refractivity contribution in [2.45, 2.75) is 134 Å². The predicted octanol–water partition coefficient (Wildman–Crippen LogP) is 5.52. The van der Waals surface area contributed by atoms with Crippen molar-refractivity contribution in [3.05, 3.63) is 52.0 Å². The Morgan fingerprint density at radius 3 is 2.27 bits per heavy atom. The molecule has 2 fully saturated rings. The molecule has 59 heavy (non-hydrogen) atoms. The van der Waals surface area contributed by atoms with Gasteiger partial charge >= 0.3 is 21.6 Å². The molecular weight excluding hydrogens is 812 g/mol. The molecule has 4 rings (SSSR count). The van der Waals surface area contributed by atoms with Crippen LogP contribution in [0.15, 0.2) is 35.7 Å². The molecule has 5 atom stereocenters. The smallest absolute Gasteiger partial charge is 0.439 e. The Labute approximate surface area is 349 Å². The first kappa shape index (κ1) is 47.9. The maximum atomic E-state index is 14.5. The van der Waals surface area contributed by atoms with Gasteiger partial charge in [-0.15, -0.1) is 11.3 Å². The van der Waals surface area contributed by atoms with Gasteiger partial charge in [0.25, 0.3) is 5.91 Å². The number of amides is 4. The van der Waals surface area contributed by atoms with Gasteiger partial charge in [0.05, 0.1) is 0 Å². The minimum Gasteiger partial charge on any atom is -0.439 e. The molecule has 2 saturated heterocycles. The van der Waals surface area contributed by atoms with Crippen molar-refractivity contribution in [2.24, 2.45) is 11.8 Å². The molecule has 0 radical (unpaired) electrons. The van der Waals surface area contributed by atoms with E-state index in [9.17, 15) is 40.8 Å². The van der Waals surface area contributed by atoms with Gasteiger partial charge in [-0.3, -0.25) is 19.3 Å². The molecule has 3 heterocycles. The van der Waals surface area contributed by atoms with Crippen LogP contribution in [-0.2, 0) is 30.8 Å². The molecule has 2 bridgehead atoms. The molecule has 4 N–H and O–H groups in total. The first-order valence-electron chi connectivity index (χ1n) is 20.4. The van der Waals surface area contributed by atoms with E-state index in [4.69, 9.17) is 4.74 Å². The van der Waals surface area contributed by atoms with Crippen LogP contribution in [-0.4, -0.2) is 109 Å². The summed E-state index contributed by atoms with van der Waals surface area (Å²) in [5, 5.41) is 10.0. The maximum Gasteiger partial charge on any atom is 0.511 e. The molecular formula is C40H60F3N7O7S2. The van der Waals surface area contributed by atoms with Crippen LogP contribution >= 0.6 is 11.3 Å². The fourth-order valence-corrected chi connectivity index (χ4v) is 9.55. The number of alkyl carbamates (subject to hydrolysis) is 1. The number of rotatable bonds is 19. The predicted molar refractivity (Wildman–Crippen MR) is 219 cm³/mol. The molecule has 4 amide bonds. The van der Waals surface area contributed by atoms with E-state index >= 15 is 0 Å². The molecule has 2 aliphatic heterocycles. The summed E-state index contributed by atoms with van der Waals surface area (Å²) in [6.45, 7) is 8.97. The molecule has 1 aromatic carbocycles. The fraction of sp³-hybridized carbons (Fsp3) is 0.675. The summed E-state index contributed by atoms with van der Waals surface area (Å²) in [4.78, 5) is 63.4. The molecule has 330 valence electrons. The lowest BCUT2D eigenvalue weighted by Gasteiger charge is -2.52. The van der Waals surface area contributed by atoms with Crippen molar-refractivity contribution in [2.75, 3.05) is 27.2 Å². The van der Waals surface area contributed by atoms with Gasteiger partial charge in [-0.1, -0.05) is 64.4 Å². The summed E-state index contributed by atoms with van der Waals surface area (Å²) in [6, 6.07) is 6.40. The van der Waals surface area contributed by atoms with E-state index in [1.807, 2.05) is 34.7 Å². The number of likely N-dealkylation sites (N-methyl/N-ethyl adjacent to an activating group) is 2. The lowest BCUT2D eigenvalue weighted by Crippen LogP contribution is -2.67. The van der Waals surface area contributed by atoms with E-state index in [2.05, 4.69) is 25.8 Å². The van der Waals surface area contributed by atoms with Crippen LogP contribution in [0.1, 0.15) is 113 Å². The largest absolute Gasteiger partial charge is 0.511 e. The van der Waals surface area contributed by atoms with Crippen molar-refractivity contribution in [3.63, 3.8) is 0 Å². The van der Waals surface area contributed by atoms with Crippen molar-refractivity contribution in [1.29, 1.82) is 0 Å². The van der Waals surface area contributed by atoms with Crippen LogP contribution in [0.25, 0.3) is 0 Å². The van der Waals surface area contributed by atoms with Crippen molar-refractivity contribution < 1.29 is 45.5 Å². The topological polar surface area (TPSA) is 179 Å². The van der Waals surface area contributed by atoms with E-state index < -0.39 is 63.8 Å². The number of alkyl halides is 3. The van der Waals surface area contributed by atoms with Crippen LogP contribution in [0, 0.1) is 11.8 Å². The number of hydrogen-bond donors (Lipinski definition) is 4. The zero-order chi connectivity index (χ0) is 43.7. The minimum atomic E-state index is -5.69. The first-order chi connectivity index (χ1) is 27.7. The van der Waals surface area contributed by atoms with Crippen LogP contribution in [0.4, 0.5) is 18.0 Å². The minimum absolute atomic E-state index is 0.000389. The average molecular weight is 872 g/mol. The van der Waals surface area contributed by atoms with Gasteiger partial charge in [0.2, 0.25) is 11.8 Å². The highest BCUT2D eigenvalue weighted by molar-refractivity contribution is 7.90. The molecule has 19 heteroatoms. The summed E-state index contributed by atoms with van der Waals surface area (Å²) in [6.07, 6.45) is 4.38. The van der Waals surface area contributed by atoms with Gasteiger partial charge in [-0.2, -0.15) is 13.2 Å². The summed E-state index contributed by atoms with van der Waals surface area (Å²) < 4.78 is 70.4. The lowest BCUT2D eigenvalue weighted by atomic mass is 9.73. The number of hydrogen-bond acceptors (Lipinski definition) is 10. The van der Waals surface area contributed by atoms with Gasteiger partial charge in [0, 0.05) is 50.1 Å². The molecule has 1 aromatic heterocycles. The number of sulfonamides is 1. The highest BCUT2D eigenvalue weighted by Gasteiger charge is 2.50. The number of fused-ring (bicyclic) bond motifs is 2. The monoisotopic (exact) mass is 871 g/mol. The van der Waals surface area contributed by atoms with Gasteiger partial charge in [0.15, 0.2) is 6.10 Å². The summed E-state index contributed by atoms with van der Waals surface area (Å²) >= 11 is 1.02. The number of nitrogens with zero attached hydrogens (tertiary/aromatic N) is 3. The third kappa shape index (κ3) is 11.9. The maximum absolute atomic E-state index is 14.5. The first-order valence-corrected chi connectivity index (χ1v) is 22.7. The third-order valence-electron chi connectivity index (χ3n) is 11.8. The van der Waals surface area contributed by atoms with Crippen LogP contribution in [0.2, 0.25) is 0 Å². The fourth-order valence-electron chi connectivity index (χ4n) is 8.12. The standard InChI is InChI=1S/C40H60F3N7O7S2/c1-8-26(5)33(48-37(53)39-19-13-17-29(50(39)7)18-14-20-39)36(52)49(6)31(25(3)4)22-32(57-38(54)44-9-2)35-47-30(24-58-35)34(51)46-28(21-27-15-11-10-12-16-27)23-45-59(55,56)40(41,42)43/h10-12,15-16,24-26,28-29,31-33,45H,8-9,13-14,17-23H2,1-7H3,(H,44,54)(H,46,51)(H,48,53)/t26-,28-,29?,31+,32+,33?,39?/m0/s1. The average Bonchev–Trinajstić information content (AvgIpc) is 3.67. The van der Waals surface area contributed by atoms with Crippen molar-refractivity contribution in [1.82, 2.24) is 35.5 Å². The number of benzene rings is 1. The number of piperidine rings is 2. The van der Waals surface area contributed by atoms with E-state index in [1.54, 1.807) is 49.2 Å². The Kier molecular flexibility index (Phi) is 16.7. The quantitative estimate of drug-likeness (QED) is 0.142. The Bertz CT molecular complexity index is 1840. The van der Waals surface area contributed by atoms with Gasteiger partial charge in [-0.05, 0) is 76.3 Å². The summed E-state index contributed by atoms with van der Waals surface area (Å²) in [7, 11) is -2.01. The molecule has 0 saturated carbocycles. The molecule has 0 aliphatic carbocycles. The summed E-state index contributed by atoms with van der Waals surface area (Å²) in [5.74, 6) is -1.56. The van der Waals surface area contributed by atoms with E-state index in [-0.39, 0.29) is 53.7 Å². The van der Waals surface area contributed by atoms with Gasteiger partial charge < -0.3 is 25.6 Å². The van der Waals surface area contributed by atoms with Gasteiger partial charge in [-0.25, -0.2) is 22.9 Å². The lowest BCUT2D eigenvalue weighted by molar-refractivity contribution is -0.148. The van der Waals surface area contributed by atoms with E-state index in [0.717, 1.165) is 49.9 Å². The molecule has 0 spiro atoms. The Morgan fingerprint density at radius 1 is 1.05 bits per heavy atom. The normalized spacial score (nSPS) is 21.1. The number of nitrogens with one attached hydrogen (secondary N) is 4. The Balaban J connectivity index is 1.57. The van der Waals surface area contributed by atoms with Gasteiger partial charge in [0.1, 0.15) is 22.3 Å². The SMILES string of the molecule is CCNC(=O)O[C@H](C[C@H](C(C)C)N(C)C(=O)C(NC(=O)C12CCCC(CCC1)N2C)[C@@H](C)CC)c1nc(C(=O)N[C@H](CNS(=O)(=O)C(F)(F)F)Cc2ccccc2)cs1. The van der Waals surface area contributed by atoms with Crippen molar-refractivity contribution in [3.8, 4) is 0 Å². The molecule has 1 unspecified atom stereocenters. The second-order valence-electron chi connectivity index (χ2n) is 16.1. The Hall–Kier alpha value is -3.81. The highest BCUT2D eigenvalue weighted by Crippen LogP contribution is 2.41. The van der Waals surface area contributed by atoms with E-state index in [1.165, 1.54) is 10.1 Å². The number of ether oxygens (including phenoxy) is 1.